The summed E-state index contributed by atoms with van der Waals surface area (Å²) < 4.78 is 12.6. The zero-order chi connectivity index (χ0) is 15.0. The van der Waals surface area contributed by atoms with E-state index in [0.29, 0.717) is 36.3 Å². The van der Waals surface area contributed by atoms with Crippen molar-refractivity contribution in [1.29, 1.82) is 0 Å². The van der Waals surface area contributed by atoms with E-state index in [0.717, 1.165) is 16.8 Å². The lowest BCUT2D eigenvalue weighted by atomic mass is 10.0. The van der Waals surface area contributed by atoms with Crippen LogP contribution in [0.3, 0.4) is 0 Å². The second-order valence-electron chi connectivity index (χ2n) is 5.10. The molecule has 6 heteroatoms. The monoisotopic (exact) mass is 308 g/mol. The van der Waals surface area contributed by atoms with E-state index in [1.807, 2.05) is 25.1 Å². The molecule has 1 unspecified atom stereocenters. The van der Waals surface area contributed by atoms with Crippen molar-refractivity contribution < 1.29 is 14.6 Å². The number of aryl methyl sites for hydroxylation is 2. The predicted molar refractivity (Wildman–Crippen MR) is 79.1 cm³/mol. The minimum atomic E-state index is -0.666. The number of halogens is 1. The van der Waals surface area contributed by atoms with Crippen LogP contribution in [0.25, 0.3) is 0 Å². The number of rotatable bonds is 3. The minimum absolute atomic E-state index is 0.415. The maximum absolute atomic E-state index is 10.4. The van der Waals surface area contributed by atoms with Crippen molar-refractivity contribution in [2.45, 2.75) is 19.4 Å². The molecule has 3 rings (SSSR count). The largest absolute Gasteiger partial charge is 0.486 e. The van der Waals surface area contributed by atoms with E-state index in [1.54, 1.807) is 11.7 Å². The molecule has 1 atom stereocenters. The third kappa shape index (κ3) is 2.71. The summed E-state index contributed by atoms with van der Waals surface area (Å²) in [5.41, 5.74) is 2.47. The number of ether oxygens (including phenoxy) is 2. The third-order valence-electron chi connectivity index (χ3n) is 3.62. The van der Waals surface area contributed by atoms with Crippen LogP contribution in [0, 0.1) is 6.92 Å². The number of hydrogen-bond acceptors (Lipinski definition) is 4. The highest BCUT2D eigenvalue weighted by atomic mass is 35.5. The first kappa shape index (κ1) is 14.2. The summed E-state index contributed by atoms with van der Waals surface area (Å²) in [6, 6.07) is 5.49. The Hall–Kier alpha value is -1.72. The summed E-state index contributed by atoms with van der Waals surface area (Å²) in [7, 11) is 1.79. The van der Waals surface area contributed by atoms with Gasteiger partial charge >= 0.3 is 0 Å². The molecule has 2 heterocycles. The van der Waals surface area contributed by atoms with E-state index in [2.05, 4.69) is 5.10 Å². The highest BCUT2D eigenvalue weighted by Crippen LogP contribution is 2.34. The highest BCUT2D eigenvalue weighted by Gasteiger charge is 2.19. The summed E-state index contributed by atoms with van der Waals surface area (Å²) in [6.45, 7) is 2.97. The van der Waals surface area contributed by atoms with Crippen molar-refractivity contribution in [2.24, 2.45) is 7.05 Å². The fourth-order valence-corrected chi connectivity index (χ4v) is 2.74. The fourth-order valence-electron chi connectivity index (χ4n) is 2.48. The van der Waals surface area contributed by atoms with Crippen molar-refractivity contribution >= 4 is 11.6 Å². The number of benzene rings is 1. The average molecular weight is 309 g/mol. The molecule has 0 radical (unpaired) electrons. The number of nitrogens with zero attached hydrogens (tertiary/aromatic N) is 2. The van der Waals surface area contributed by atoms with Gasteiger partial charge in [-0.2, -0.15) is 5.10 Å². The molecule has 0 spiro atoms. The fraction of sp³-hybridized carbons (Fsp3) is 0.400. The summed E-state index contributed by atoms with van der Waals surface area (Å²) in [5, 5.41) is 15.3. The second kappa shape index (κ2) is 5.58. The Kier molecular flexibility index (Phi) is 3.78. The molecular formula is C15H17ClN2O3. The van der Waals surface area contributed by atoms with Gasteiger partial charge in [0.1, 0.15) is 18.4 Å². The Balaban J connectivity index is 1.83. The molecule has 1 aliphatic rings. The van der Waals surface area contributed by atoms with Gasteiger partial charge in [-0.05, 0) is 24.6 Å². The lowest BCUT2D eigenvalue weighted by Gasteiger charge is -2.20. The zero-order valence-electron chi connectivity index (χ0n) is 12.0. The van der Waals surface area contributed by atoms with Crippen LogP contribution in [0.5, 0.6) is 11.5 Å². The maximum Gasteiger partial charge on any atom is 0.161 e. The van der Waals surface area contributed by atoms with Crippen molar-refractivity contribution in [1.82, 2.24) is 9.78 Å². The standard InChI is InChI=1S/C15H17ClN2O3/c1-9-11(15(16)18(2)17-9)8-12(19)10-3-4-13-14(7-10)21-6-5-20-13/h3-4,7,12,19H,5-6,8H2,1-2H3. The number of fused-ring (bicyclic) bond motifs is 1. The first-order valence-electron chi connectivity index (χ1n) is 6.82. The molecule has 1 aromatic carbocycles. The van der Waals surface area contributed by atoms with Crippen LogP contribution >= 0.6 is 11.6 Å². The molecule has 112 valence electrons. The molecule has 0 bridgehead atoms. The second-order valence-corrected chi connectivity index (χ2v) is 5.46. The van der Waals surface area contributed by atoms with Gasteiger partial charge < -0.3 is 14.6 Å². The van der Waals surface area contributed by atoms with Crippen molar-refractivity contribution in [3.05, 3.63) is 40.2 Å². The molecule has 2 aromatic rings. The van der Waals surface area contributed by atoms with Crippen LogP contribution < -0.4 is 9.47 Å². The van der Waals surface area contributed by atoms with Gasteiger partial charge in [0.2, 0.25) is 0 Å². The minimum Gasteiger partial charge on any atom is -0.486 e. The molecule has 0 aliphatic carbocycles. The van der Waals surface area contributed by atoms with Gasteiger partial charge in [0.25, 0.3) is 0 Å². The molecule has 1 N–H and O–H groups in total. The predicted octanol–water partition coefficient (Wildman–Crippen LogP) is 2.43. The Bertz CT molecular complexity index is 669. The van der Waals surface area contributed by atoms with Crippen molar-refractivity contribution in [3.8, 4) is 11.5 Å². The van der Waals surface area contributed by atoms with E-state index in [4.69, 9.17) is 21.1 Å². The van der Waals surface area contributed by atoms with Gasteiger partial charge in [-0.1, -0.05) is 17.7 Å². The van der Waals surface area contributed by atoms with Crippen LogP contribution in [0.15, 0.2) is 18.2 Å². The third-order valence-corrected chi connectivity index (χ3v) is 4.09. The van der Waals surface area contributed by atoms with E-state index >= 15 is 0 Å². The molecule has 0 saturated heterocycles. The molecule has 0 fully saturated rings. The molecule has 1 aromatic heterocycles. The molecule has 1 aliphatic heterocycles. The summed E-state index contributed by atoms with van der Waals surface area (Å²) in [6.07, 6.45) is -0.251. The summed E-state index contributed by atoms with van der Waals surface area (Å²) in [5.74, 6) is 1.39. The molecular weight excluding hydrogens is 292 g/mol. The summed E-state index contributed by atoms with van der Waals surface area (Å²) in [4.78, 5) is 0. The number of aliphatic hydroxyl groups is 1. The maximum atomic E-state index is 10.4. The van der Waals surface area contributed by atoms with E-state index in [-0.39, 0.29) is 0 Å². The van der Waals surface area contributed by atoms with Crippen molar-refractivity contribution in [2.75, 3.05) is 13.2 Å². The van der Waals surface area contributed by atoms with Crippen LogP contribution in [0.4, 0.5) is 0 Å². The van der Waals surface area contributed by atoms with Gasteiger partial charge in [0.15, 0.2) is 11.5 Å². The Labute approximate surface area is 128 Å². The van der Waals surface area contributed by atoms with Gasteiger partial charge in [-0.15, -0.1) is 0 Å². The lowest BCUT2D eigenvalue weighted by Crippen LogP contribution is -2.15. The van der Waals surface area contributed by atoms with Crippen LogP contribution in [0.2, 0.25) is 5.15 Å². The van der Waals surface area contributed by atoms with Crippen molar-refractivity contribution in [3.63, 3.8) is 0 Å². The lowest BCUT2D eigenvalue weighted by molar-refractivity contribution is 0.164. The van der Waals surface area contributed by atoms with Gasteiger partial charge in [0, 0.05) is 19.0 Å². The molecule has 5 nitrogen and oxygen atoms in total. The Morgan fingerprint density at radius 3 is 2.71 bits per heavy atom. The molecule has 21 heavy (non-hydrogen) atoms. The average Bonchev–Trinajstić information content (AvgIpc) is 2.73. The zero-order valence-corrected chi connectivity index (χ0v) is 12.7. The highest BCUT2D eigenvalue weighted by molar-refractivity contribution is 6.30. The van der Waals surface area contributed by atoms with Gasteiger partial charge in [-0.25, -0.2) is 0 Å². The van der Waals surface area contributed by atoms with E-state index in [1.165, 1.54) is 0 Å². The quantitative estimate of drug-likeness (QED) is 0.946. The Morgan fingerprint density at radius 2 is 2.05 bits per heavy atom. The SMILES string of the molecule is Cc1nn(C)c(Cl)c1CC(O)c1ccc2c(c1)OCCO2. The molecule has 0 saturated carbocycles. The first-order chi connectivity index (χ1) is 10.1. The number of aromatic nitrogens is 2. The topological polar surface area (TPSA) is 56.5 Å². The van der Waals surface area contributed by atoms with Gasteiger partial charge in [0.05, 0.1) is 11.8 Å². The van der Waals surface area contributed by atoms with Crippen LogP contribution in [-0.2, 0) is 13.5 Å². The number of aliphatic hydroxyl groups excluding tert-OH is 1. The smallest absolute Gasteiger partial charge is 0.161 e. The Morgan fingerprint density at radius 1 is 1.33 bits per heavy atom. The normalized spacial score (nSPS) is 15.0. The van der Waals surface area contributed by atoms with Crippen LogP contribution in [-0.4, -0.2) is 28.1 Å². The first-order valence-corrected chi connectivity index (χ1v) is 7.19. The van der Waals surface area contributed by atoms with Gasteiger partial charge in [-0.3, -0.25) is 4.68 Å². The number of hydrogen-bond donors (Lipinski definition) is 1. The van der Waals surface area contributed by atoms with Crippen LogP contribution in [0.1, 0.15) is 22.9 Å². The van der Waals surface area contributed by atoms with E-state index < -0.39 is 6.10 Å². The molecule has 0 amide bonds. The summed E-state index contributed by atoms with van der Waals surface area (Å²) >= 11 is 6.21. The van der Waals surface area contributed by atoms with E-state index in [9.17, 15) is 5.11 Å².